The molecule has 2 rings (SSSR count). The molecule has 1 aromatic carbocycles. The first-order valence-corrected chi connectivity index (χ1v) is 5.12. The lowest BCUT2D eigenvalue weighted by Crippen LogP contribution is -2.11. The number of H-pyrrole nitrogens is 2. The molecule has 1 heterocycles. The molecule has 0 amide bonds. The summed E-state index contributed by atoms with van der Waals surface area (Å²) in [6.07, 6.45) is 0.673. The predicted octanol–water partition coefficient (Wildman–Crippen LogP) is 1.95. The second kappa shape index (κ2) is 3.53. The summed E-state index contributed by atoms with van der Waals surface area (Å²) >= 11 is 0. The van der Waals surface area contributed by atoms with Gasteiger partial charge >= 0.3 is 5.69 Å². The molecule has 0 fully saturated rings. The summed E-state index contributed by atoms with van der Waals surface area (Å²) < 4.78 is 0. The van der Waals surface area contributed by atoms with Crippen molar-refractivity contribution in [2.24, 2.45) is 5.41 Å². The fourth-order valence-corrected chi connectivity index (χ4v) is 1.74. The molecule has 0 aliphatic rings. The van der Waals surface area contributed by atoms with Gasteiger partial charge in [0.15, 0.2) is 0 Å². The summed E-state index contributed by atoms with van der Waals surface area (Å²) in [5, 5.41) is 8.96. The zero-order valence-electron chi connectivity index (χ0n) is 9.29. The molecule has 0 spiro atoms. The smallest absolute Gasteiger partial charge is 0.306 e. The van der Waals surface area contributed by atoms with Crippen molar-refractivity contribution in [1.29, 1.82) is 5.26 Å². The van der Waals surface area contributed by atoms with Gasteiger partial charge in [0.25, 0.3) is 0 Å². The van der Waals surface area contributed by atoms with E-state index in [1.54, 1.807) is 0 Å². The van der Waals surface area contributed by atoms with Gasteiger partial charge in [-0.25, -0.2) is 4.79 Å². The monoisotopic (exact) mass is 215 g/mol. The van der Waals surface area contributed by atoms with Gasteiger partial charge in [-0.2, -0.15) is 5.26 Å². The van der Waals surface area contributed by atoms with E-state index in [0.29, 0.717) is 6.42 Å². The number of benzene rings is 1. The predicted molar refractivity (Wildman–Crippen MR) is 62.0 cm³/mol. The largest absolute Gasteiger partial charge is 0.323 e. The molecule has 0 aliphatic heterocycles. The highest BCUT2D eigenvalue weighted by atomic mass is 16.1. The Kier molecular flexibility index (Phi) is 2.31. The lowest BCUT2D eigenvalue weighted by atomic mass is 9.87. The number of nitrogens with zero attached hydrogens (tertiary/aromatic N) is 1. The normalized spacial score (nSPS) is 11.6. The summed E-state index contributed by atoms with van der Waals surface area (Å²) in [5.41, 5.74) is 2.05. The van der Waals surface area contributed by atoms with E-state index in [9.17, 15) is 4.79 Å². The van der Waals surface area contributed by atoms with Gasteiger partial charge in [-0.15, -0.1) is 0 Å². The number of imidazole rings is 1. The molecule has 0 aliphatic carbocycles. The third-order valence-electron chi connectivity index (χ3n) is 2.53. The fourth-order valence-electron chi connectivity index (χ4n) is 1.74. The van der Waals surface area contributed by atoms with Crippen molar-refractivity contribution in [1.82, 2.24) is 9.97 Å². The van der Waals surface area contributed by atoms with Gasteiger partial charge in [-0.05, 0) is 38.0 Å². The van der Waals surface area contributed by atoms with Crippen LogP contribution in [0.3, 0.4) is 0 Å². The molecular weight excluding hydrogens is 202 g/mol. The van der Waals surface area contributed by atoms with Gasteiger partial charge in [0.1, 0.15) is 0 Å². The van der Waals surface area contributed by atoms with Crippen molar-refractivity contribution in [3.05, 3.63) is 34.2 Å². The average Bonchev–Trinajstić information content (AvgIpc) is 2.57. The van der Waals surface area contributed by atoms with E-state index < -0.39 is 0 Å². The Hall–Kier alpha value is -2.02. The van der Waals surface area contributed by atoms with Crippen LogP contribution >= 0.6 is 0 Å². The first-order valence-electron chi connectivity index (χ1n) is 5.12. The van der Waals surface area contributed by atoms with Gasteiger partial charge in [0.05, 0.1) is 22.5 Å². The number of rotatable bonds is 2. The number of hydrogen-bond donors (Lipinski definition) is 2. The third-order valence-corrected chi connectivity index (χ3v) is 2.53. The first-order chi connectivity index (χ1) is 7.50. The number of aromatic nitrogens is 2. The fraction of sp³-hybridized carbons (Fsp3) is 0.333. The zero-order valence-corrected chi connectivity index (χ0v) is 9.29. The average molecular weight is 215 g/mol. The minimum Gasteiger partial charge on any atom is -0.306 e. The second-order valence-electron chi connectivity index (χ2n) is 4.63. The quantitative estimate of drug-likeness (QED) is 0.803. The second-order valence-corrected chi connectivity index (χ2v) is 4.63. The van der Waals surface area contributed by atoms with E-state index in [1.165, 1.54) is 0 Å². The van der Waals surface area contributed by atoms with E-state index in [2.05, 4.69) is 16.0 Å². The maximum absolute atomic E-state index is 11.1. The Balaban J connectivity index is 2.40. The molecule has 0 saturated heterocycles. The highest BCUT2D eigenvalue weighted by molar-refractivity contribution is 5.75. The molecule has 2 N–H and O–H groups in total. The maximum atomic E-state index is 11.1. The standard InChI is InChI=1S/C12H13N3O/c1-12(2,7-13)6-8-3-4-9-10(5-8)15-11(16)14-9/h3-5H,6H2,1-2H3,(H2,14,15,16). The molecule has 82 valence electrons. The van der Waals surface area contributed by atoms with E-state index in [4.69, 9.17) is 5.26 Å². The third kappa shape index (κ3) is 1.98. The van der Waals surface area contributed by atoms with Crippen LogP contribution in [0.15, 0.2) is 23.0 Å². The van der Waals surface area contributed by atoms with Crippen molar-refractivity contribution in [2.75, 3.05) is 0 Å². The van der Waals surface area contributed by atoms with Gasteiger partial charge in [0.2, 0.25) is 0 Å². The molecule has 0 saturated carbocycles. The molecule has 0 radical (unpaired) electrons. The maximum Gasteiger partial charge on any atom is 0.323 e. The SMILES string of the molecule is CC(C)(C#N)Cc1ccc2[nH]c(=O)[nH]c2c1. The van der Waals surface area contributed by atoms with E-state index in [-0.39, 0.29) is 11.1 Å². The van der Waals surface area contributed by atoms with E-state index in [1.807, 2.05) is 32.0 Å². The molecule has 4 nitrogen and oxygen atoms in total. The van der Waals surface area contributed by atoms with Crippen LogP contribution < -0.4 is 5.69 Å². The Morgan fingerprint density at radius 2 is 2.00 bits per heavy atom. The van der Waals surface area contributed by atoms with Crippen LogP contribution in [0.1, 0.15) is 19.4 Å². The molecular formula is C12H13N3O. The summed E-state index contributed by atoms with van der Waals surface area (Å²) in [4.78, 5) is 16.5. The van der Waals surface area contributed by atoms with Crippen molar-refractivity contribution in [2.45, 2.75) is 20.3 Å². The van der Waals surface area contributed by atoms with Gasteiger partial charge in [0, 0.05) is 0 Å². The van der Waals surface area contributed by atoms with Crippen molar-refractivity contribution in [3.8, 4) is 6.07 Å². The zero-order chi connectivity index (χ0) is 11.8. The highest BCUT2D eigenvalue weighted by Crippen LogP contribution is 2.22. The highest BCUT2D eigenvalue weighted by Gasteiger charge is 2.17. The molecule has 0 unspecified atom stereocenters. The van der Waals surface area contributed by atoms with Gasteiger partial charge in [-0.3, -0.25) is 0 Å². The van der Waals surface area contributed by atoms with Crippen LogP contribution in [0.2, 0.25) is 0 Å². The summed E-state index contributed by atoms with van der Waals surface area (Å²) in [6.45, 7) is 3.80. The lowest BCUT2D eigenvalue weighted by Gasteiger charge is -2.14. The van der Waals surface area contributed by atoms with E-state index >= 15 is 0 Å². The van der Waals surface area contributed by atoms with Crippen molar-refractivity contribution < 1.29 is 0 Å². The molecule has 2 aromatic rings. The number of nitrogens with one attached hydrogen (secondary N) is 2. The molecule has 1 aromatic heterocycles. The number of aromatic amines is 2. The molecule has 16 heavy (non-hydrogen) atoms. The van der Waals surface area contributed by atoms with Crippen LogP contribution in [0.5, 0.6) is 0 Å². The topological polar surface area (TPSA) is 72.4 Å². The molecule has 4 heteroatoms. The number of hydrogen-bond acceptors (Lipinski definition) is 2. The van der Waals surface area contributed by atoms with Crippen molar-refractivity contribution >= 4 is 11.0 Å². The Morgan fingerprint density at radius 3 is 2.69 bits per heavy atom. The Labute approximate surface area is 92.9 Å². The van der Waals surface area contributed by atoms with Crippen LogP contribution in [-0.4, -0.2) is 9.97 Å². The van der Waals surface area contributed by atoms with Crippen LogP contribution in [0, 0.1) is 16.7 Å². The first kappa shape index (κ1) is 10.5. The van der Waals surface area contributed by atoms with Crippen LogP contribution in [0.4, 0.5) is 0 Å². The van der Waals surface area contributed by atoms with E-state index in [0.717, 1.165) is 16.6 Å². The summed E-state index contributed by atoms with van der Waals surface area (Å²) in [5.74, 6) is 0. The summed E-state index contributed by atoms with van der Waals surface area (Å²) in [7, 11) is 0. The molecule has 0 bridgehead atoms. The van der Waals surface area contributed by atoms with Crippen LogP contribution in [-0.2, 0) is 6.42 Å². The minimum absolute atomic E-state index is 0.202. The lowest BCUT2D eigenvalue weighted by molar-refractivity contribution is 0.494. The molecule has 0 atom stereocenters. The van der Waals surface area contributed by atoms with Crippen LogP contribution in [0.25, 0.3) is 11.0 Å². The van der Waals surface area contributed by atoms with Gasteiger partial charge < -0.3 is 9.97 Å². The number of nitriles is 1. The van der Waals surface area contributed by atoms with Crippen molar-refractivity contribution in [3.63, 3.8) is 0 Å². The Bertz CT molecular complexity index is 613. The van der Waals surface area contributed by atoms with Gasteiger partial charge in [-0.1, -0.05) is 6.07 Å². The number of fused-ring (bicyclic) bond motifs is 1. The Morgan fingerprint density at radius 1 is 1.31 bits per heavy atom. The minimum atomic E-state index is -0.385. The summed E-state index contributed by atoms with van der Waals surface area (Å²) in [6, 6.07) is 7.97.